The van der Waals surface area contributed by atoms with Crippen molar-refractivity contribution in [2.45, 2.75) is 12.5 Å². The van der Waals surface area contributed by atoms with Crippen LogP contribution >= 0.6 is 0 Å². The Hall–Kier alpha value is -1.88. The Morgan fingerprint density at radius 3 is 3.06 bits per heavy atom. The lowest BCUT2D eigenvalue weighted by molar-refractivity contribution is 0.276. The van der Waals surface area contributed by atoms with Crippen molar-refractivity contribution < 1.29 is 9.26 Å². The van der Waals surface area contributed by atoms with E-state index in [1.165, 1.54) is 0 Å². The van der Waals surface area contributed by atoms with Gasteiger partial charge < -0.3 is 9.26 Å². The summed E-state index contributed by atoms with van der Waals surface area (Å²) >= 11 is 0. The lowest BCUT2D eigenvalue weighted by Gasteiger charge is -2.21. The SMILES string of the molecule is COc1ncccc1-c1cc(C2CC[N]2)on1. The zero-order valence-electron chi connectivity index (χ0n) is 9.46. The van der Waals surface area contributed by atoms with Crippen molar-refractivity contribution in [3.63, 3.8) is 0 Å². The Kier molecular flexibility index (Phi) is 2.53. The molecule has 5 heteroatoms. The number of hydrogen-bond acceptors (Lipinski definition) is 4. The van der Waals surface area contributed by atoms with E-state index in [2.05, 4.69) is 15.5 Å². The molecule has 0 bridgehead atoms. The Morgan fingerprint density at radius 1 is 1.47 bits per heavy atom. The van der Waals surface area contributed by atoms with Crippen molar-refractivity contribution in [1.29, 1.82) is 0 Å². The number of nitrogens with zero attached hydrogens (tertiary/aromatic N) is 3. The molecule has 1 radical (unpaired) electrons. The molecule has 0 saturated carbocycles. The molecule has 0 aliphatic carbocycles. The summed E-state index contributed by atoms with van der Waals surface area (Å²) in [6.07, 6.45) is 2.73. The van der Waals surface area contributed by atoms with Crippen LogP contribution in [-0.2, 0) is 0 Å². The van der Waals surface area contributed by atoms with Gasteiger partial charge in [-0.15, -0.1) is 0 Å². The Bertz CT molecular complexity index is 520. The number of aromatic nitrogens is 2. The average molecular weight is 230 g/mol. The molecular formula is C12H12N3O2. The predicted octanol–water partition coefficient (Wildman–Crippen LogP) is 1.79. The van der Waals surface area contributed by atoms with Crippen molar-refractivity contribution in [2.24, 2.45) is 0 Å². The van der Waals surface area contributed by atoms with E-state index in [1.54, 1.807) is 13.3 Å². The minimum absolute atomic E-state index is 0.180. The molecule has 3 rings (SSSR count). The topological polar surface area (TPSA) is 62.2 Å². The number of ether oxygens (including phenoxy) is 1. The molecule has 1 aliphatic heterocycles. The van der Waals surface area contributed by atoms with Gasteiger partial charge in [0.15, 0.2) is 5.76 Å². The second-order valence-corrected chi connectivity index (χ2v) is 3.89. The highest BCUT2D eigenvalue weighted by atomic mass is 16.5. The minimum Gasteiger partial charge on any atom is -0.481 e. The fourth-order valence-corrected chi connectivity index (χ4v) is 1.81. The summed E-state index contributed by atoms with van der Waals surface area (Å²) in [6.45, 7) is 0.914. The number of pyridine rings is 1. The smallest absolute Gasteiger partial charge is 0.222 e. The van der Waals surface area contributed by atoms with Crippen LogP contribution in [0.25, 0.3) is 11.3 Å². The zero-order valence-corrected chi connectivity index (χ0v) is 9.46. The van der Waals surface area contributed by atoms with Crippen LogP contribution in [-0.4, -0.2) is 23.8 Å². The second kappa shape index (κ2) is 4.18. The quantitative estimate of drug-likeness (QED) is 0.806. The van der Waals surface area contributed by atoms with Crippen LogP contribution < -0.4 is 10.1 Å². The van der Waals surface area contributed by atoms with E-state index in [9.17, 15) is 0 Å². The van der Waals surface area contributed by atoms with Crippen LogP contribution in [0.3, 0.4) is 0 Å². The maximum Gasteiger partial charge on any atom is 0.222 e. The van der Waals surface area contributed by atoms with Gasteiger partial charge in [-0.05, 0) is 18.6 Å². The van der Waals surface area contributed by atoms with Crippen molar-refractivity contribution in [1.82, 2.24) is 15.5 Å². The van der Waals surface area contributed by atoms with Crippen LogP contribution in [0.4, 0.5) is 0 Å². The highest BCUT2D eigenvalue weighted by Gasteiger charge is 2.25. The number of hydrogen-bond donors (Lipinski definition) is 0. The summed E-state index contributed by atoms with van der Waals surface area (Å²) in [5, 5.41) is 8.35. The molecule has 1 unspecified atom stereocenters. The second-order valence-electron chi connectivity index (χ2n) is 3.89. The molecule has 87 valence electrons. The predicted molar refractivity (Wildman–Crippen MR) is 60.6 cm³/mol. The molecule has 0 amide bonds. The first kappa shape index (κ1) is 10.3. The minimum atomic E-state index is 0.180. The van der Waals surface area contributed by atoms with Gasteiger partial charge in [0.2, 0.25) is 5.88 Å². The molecule has 1 fully saturated rings. The summed E-state index contributed by atoms with van der Waals surface area (Å²) in [5.74, 6) is 1.37. The molecule has 17 heavy (non-hydrogen) atoms. The van der Waals surface area contributed by atoms with Crippen LogP contribution in [0.1, 0.15) is 18.2 Å². The first-order chi connectivity index (χ1) is 8.38. The first-order valence-electron chi connectivity index (χ1n) is 5.51. The van der Waals surface area contributed by atoms with Crippen molar-refractivity contribution in [2.75, 3.05) is 13.7 Å². The van der Waals surface area contributed by atoms with Crippen molar-refractivity contribution >= 4 is 0 Å². The lowest BCUT2D eigenvalue weighted by atomic mass is 10.0. The van der Waals surface area contributed by atoms with E-state index in [-0.39, 0.29) is 6.04 Å². The highest BCUT2D eigenvalue weighted by Crippen LogP contribution is 2.31. The third kappa shape index (κ3) is 1.78. The lowest BCUT2D eigenvalue weighted by Crippen LogP contribution is -2.27. The van der Waals surface area contributed by atoms with E-state index in [4.69, 9.17) is 9.26 Å². The van der Waals surface area contributed by atoms with Crippen LogP contribution in [0.15, 0.2) is 28.9 Å². The van der Waals surface area contributed by atoms with E-state index in [0.29, 0.717) is 5.88 Å². The fraction of sp³-hybridized carbons (Fsp3) is 0.333. The Morgan fingerprint density at radius 2 is 2.35 bits per heavy atom. The Balaban J connectivity index is 1.94. The maximum atomic E-state index is 5.30. The van der Waals surface area contributed by atoms with Gasteiger partial charge in [0, 0.05) is 18.8 Å². The summed E-state index contributed by atoms with van der Waals surface area (Å²) in [7, 11) is 1.59. The monoisotopic (exact) mass is 230 g/mol. The van der Waals surface area contributed by atoms with E-state index < -0.39 is 0 Å². The van der Waals surface area contributed by atoms with Crippen molar-refractivity contribution in [3.05, 3.63) is 30.2 Å². The van der Waals surface area contributed by atoms with Gasteiger partial charge in [0.25, 0.3) is 0 Å². The van der Waals surface area contributed by atoms with Gasteiger partial charge in [-0.2, -0.15) is 0 Å². The van der Waals surface area contributed by atoms with Crippen LogP contribution in [0, 0.1) is 0 Å². The first-order valence-corrected chi connectivity index (χ1v) is 5.51. The molecule has 2 aromatic rings. The van der Waals surface area contributed by atoms with Gasteiger partial charge in [-0.1, -0.05) is 5.16 Å². The normalized spacial score (nSPS) is 18.8. The summed E-state index contributed by atoms with van der Waals surface area (Å²) in [4.78, 5) is 4.13. The largest absolute Gasteiger partial charge is 0.481 e. The average Bonchev–Trinajstić information content (AvgIpc) is 2.76. The van der Waals surface area contributed by atoms with E-state index in [0.717, 1.165) is 30.0 Å². The van der Waals surface area contributed by atoms with Crippen molar-refractivity contribution in [3.8, 4) is 17.1 Å². The molecule has 0 aromatic carbocycles. The molecule has 2 aromatic heterocycles. The summed E-state index contributed by atoms with van der Waals surface area (Å²) in [6, 6.07) is 5.84. The third-order valence-electron chi connectivity index (χ3n) is 2.85. The Labute approximate surface area is 98.8 Å². The molecule has 0 N–H and O–H groups in total. The van der Waals surface area contributed by atoms with E-state index in [1.807, 2.05) is 18.2 Å². The molecule has 3 heterocycles. The van der Waals surface area contributed by atoms with E-state index >= 15 is 0 Å². The van der Waals surface area contributed by atoms with Crippen LogP contribution in [0.5, 0.6) is 5.88 Å². The third-order valence-corrected chi connectivity index (χ3v) is 2.85. The maximum absolute atomic E-state index is 5.30. The fourth-order valence-electron chi connectivity index (χ4n) is 1.81. The molecule has 0 spiro atoms. The molecule has 1 saturated heterocycles. The number of methoxy groups -OCH3 is 1. The molecule has 5 nitrogen and oxygen atoms in total. The standard InChI is InChI=1S/C12H12N3O2/c1-16-12-8(3-2-5-14-12)10-7-11(17-15-10)9-4-6-13-9/h2-3,5,7,9H,4,6H2,1H3. The van der Waals surface area contributed by atoms with Gasteiger partial charge in [0.1, 0.15) is 5.69 Å². The van der Waals surface area contributed by atoms with Gasteiger partial charge in [0.05, 0.1) is 18.7 Å². The van der Waals surface area contributed by atoms with Gasteiger partial charge in [-0.25, -0.2) is 10.3 Å². The zero-order chi connectivity index (χ0) is 11.7. The number of rotatable bonds is 3. The van der Waals surface area contributed by atoms with Gasteiger partial charge in [-0.3, -0.25) is 0 Å². The van der Waals surface area contributed by atoms with Gasteiger partial charge >= 0.3 is 0 Å². The highest BCUT2D eigenvalue weighted by molar-refractivity contribution is 5.64. The molecule has 1 aliphatic rings. The summed E-state index contributed by atoms with van der Waals surface area (Å²) in [5.41, 5.74) is 1.58. The van der Waals surface area contributed by atoms with Crippen LogP contribution in [0.2, 0.25) is 0 Å². The summed E-state index contributed by atoms with van der Waals surface area (Å²) < 4.78 is 10.5. The molecular weight excluding hydrogens is 218 g/mol. The molecule has 1 atom stereocenters.